The molecule has 16 heavy (non-hydrogen) atoms. The van der Waals surface area contributed by atoms with Crippen LogP contribution in [-0.2, 0) is 0 Å². The van der Waals surface area contributed by atoms with Gasteiger partial charge >= 0.3 is 0 Å². The highest BCUT2D eigenvalue weighted by Gasteiger charge is 2.00. The molecule has 1 aromatic rings. The van der Waals surface area contributed by atoms with E-state index in [2.05, 4.69) is 39.1 Å². The minimum Gasteiger partial charge on any atom is -0.492 e. The lowest BCUT2D eigenvalue weighted by molar-refractivity contribution is 0.309. The lowest BCUT2D eigenvalue weighted by Gasteiger charge is -2.12. The Morgan fingerprint density at radius 2 is 2.00 bits per heavy atom. The van der Waals surface area contributed by atoms with Crippen LogP contribution in [0.2, 0.25) is 0 Å². The third-order valence-electron chi connectivity index (χ3n) is 2.64. The lowest BCUT2D eigenvalue weighted by atomic mass is 10.1. The fourth-order valence-corrected chi connectivity index (χ4v) is 1.50. The first-order valence-corrected chi connectivity index (χ1v) is 6.01. The van der Waals surface area contributed by atoms with Crippen molar-refractivity contribution in [3.8, 4) is 5.75 Å². The maximum atomic E-state index is 5.74. The summed E-state index contributed by atoms with van der Waals surface area (Å²) in [6.07, 6.45) is 0. The first-order chi connectivity index (χ1) is 7.61. The van der Waals surface area contributed by atoms with E-state index in [0.29, 0.717) is 5.92 Å². The van der Waals surface area contributed by atoms with Crippen LogP contribution in [0.1, 0.15) is 25.0 Å². The number of hydrogen-bond donors (Lipinski definition) is 1. The third-order valence-corrected chi connectivity index (χ3v) is 2.64. The quantitative estimate of drug-likeness (QED) is 0.746. The van der Waals surface area contributed by atoms with Gasteiger partial charge in [-0.15, -0.1) is 0 Å². The maximum Gasteiger partial charge on any atom is 0.122 e. The Morgan fingerprint density at radius 1 is 1.25 bits per heavy atom. The number of rotatable bonds is 6. The zero-order valence-corrected chi connectivity index (χ0v) is 10.8. The van der Waals surface area contributed by atoms with E-state index >= 15 is 0 Å². The van der Waals surface area contributed by atoms with Crippen LogP contribution < -0.4 is 10.1 Å². The highest BCUT2D eigenvalue weighted by molar-refractivity contribution is 5.38. The monoisotopic (exact) mass is 221 g/mol. The second kappa shape index (κ2) is 6.54. The van der Waals surface area contributed by atoms with E-state index in [9.17, 15) is 0 Å². The van der Waals surface area contributed by atoms with Gasteiger partial charge in [-0.2, -0.15) is 0 Å². The average Bonchev–Trinajstić information content (AvgIpc) is 2.23. The number of aryl methyl sites for hydroxylation is 1. The number of ether oxygens (including phenoxy) is 1. The Balaban J connectivity index is 2.29. The summed E-state index contributed by atoms with van der Waals surface area (Å²) in [4.78, 5) is 0. The molecule has 0 saturated heterocycles. The molecule has 0 radical (unpaired) electrons. The predicted octanol–water partition coefficient (Wildman–Crippen LogP) is 2.93. The van der Waals surface area contributed by atoms with E-state index in [4.69, 9.17) is 4.74 Å². The van der Waals surface area contributed by atoms with Crippen LogP contribution in [0.25, 0.3) is 0 Å². The van der Waals surface area contributed by atoms with Crippen molar-refractivity contribution in [3.05, 3.63) is 29.3 Å². The molecular formula is C14H23NO. The van der Waals surface area contributed by atoms with Crippen molar-refractivity contribution in [2.45, 2.75) is 27.7 Å². The van der Waals surface area contributed by atoms with E-state index in [1.807, 2.05) is 12.1 Å². The second-order valence-electron chi connectivity index (χ2n) is 4.64. The fraction of sp³-hybridized carbons (Fsp3) is 0.571. The molecule has 0 aliphatic carbocycles. The summed E-state index contributed by atoms with van der Waals surface area (Å²) in [6.45, 7) is 11.3. The Bertz CT molecular complexity index is 321. The van der Waals surface area contributed by atoms with Gasteiger partial charge in [-0.05, 0) is 43.5 Å². The predicted molar refractivity (Wildman–Crippen MR) is 69.1 cm³/mol. The molecule has 0 bridgehead atoms. The maximum absolute atomic E-state index is 5.74. The normalized spacial score (nSPS) is 10.8. The van der Waals surface area contributed by atoms with Crippen LogP contribution in [0.5, 0.6) is 5.75 Å². The molecule has 1 N–H and O–H groups in total. The summed E-state index contributed by atoms with van der Waals surface area (Å²) in [6, 6.07) is 6.18. The fourth-order valence-electron chi connectivity index (χ4n) is 1.50. The molecule has 0 spiro atoms. The zero-order valence-electron chi connectivity index (χ0n) is 10.8. The largest absolute Gasteiger partial charge is 0.492 e. The molecular weight excluding hydrogens is 198 g/mol. The molecule has 90 valence electrons. The molecule has 0 fully saturated rings. The van der Waals surface area contributed by atoms with Gasteiger partial charge in [0.1, 0.15) is 12.4 Å². The topological polar surface area (TPSA) is 21.3 Å². The highest BCUT2D eigenvalue weighted by atomic mass is 16.5. The van der Waals surface area contributed by atoms with Crippen LogP contribution >= 0.6 is 0 Å². The summed E-state index contributed by atoms with van der Waals surface area (Å²) in [7, 11) is 0. The van der Waals surface area contributed by atoms with Crippen LogP contribution in [0.4, 0.5) is 0 Å². The number of nitrogens with one attached hydrogen (secondary N) is 1. The van der Waals surface area contributed by atoms with E-state index in [-0.39, 0.29) is 0 Å². The molecule has 0 saturated carbocycles. The van der Waals surface area contributed by atoms with Crippen LogP contribution in [0.3, 0.4) is 0 Å². The molecule has 0 atom stereocenters. The van der Waals surface area contributed by atoms with Gasteiger partial charge in [0.05, 0.1) is 0 Å². The van der Waals surface area contributed by atoms with Crippen molar-refractivity contribution in [2.24, 2.45) is 5.92 Å². The van der Waals surface area contributed by atoms with Crippen molar-refractivity contribution in [1.82, 2.24) is 5.32 Å². The summed E-state index contributed by atoms with van der Waals surface area (Å²) >= 11 is 0. The molecule has 2 heteroatoms. The van der Waals surface area contributed by atoms with Gasteiger partial charge in [-0.3, -0.25) is 0 Å². The van der Waals surface area contributed by atoms with E-state index < -0.39 is 0 Å². The van der Waals surface area contributed by atoms with Crippen molar-refractivity contribution >= 4 is 0 Å². The number of hydrogen-bond acceptors (Lipinski definition) is 2. The Hall–Kier alpha value is -1.02. The molecule has 0 aliphatic heterocycles. The van der Waals surface area contributed by atoms with E-state index in [1.54, 1.807) is 0 Å². The average molecular weight is 221 g/mol. The Kier molecular flexibility index (Phi) is 5.33. The smallest absolute Gasteiger partial charge is 0.122 e. The zero-order chi connectivity index (χ0) is 12.0. The molecule has 1 rings (SSSR count). The van der Waals surface area contributed by atoms with Crippen LogP contribution in [-0.4, -0.2) is 19.7 Å². The van der Waals surface area contributed by atoms with E-state index in [0.717, 1.165) is 25.4 Å². The minimum atomic E-state index is 0.695. The van der Waals surface area contributed by atoms with Gasteiger partial charge in [-0.1, -0.05) is 26.0 Å². The molecule has 0 amide bonds. The van der Waals surface area contributed by atoms with Crippen molar-refractivity contribution in [2.75, 3.05) is 19.7 Å². The van der Waals surface area contributed by atoms with Gasteiger partial charge < -0.3 is 10.1 Å². The van der Waals surface area contributed by atoms with E-state index in [1.165, 1.54) is 11.1 Å². The summed E-state index contributed by atoms with van der Waals surface area (Å²) in [5.41, 5.74) is 2.53. The Morgan fingerprint density at radius 3 is 2.69 bits per heavy atom. The second-order valence-corrected chi connectivity index (χ2v) is 4.64. The summed E-state index contributed by atoms with van der Waals surface area (Å²) in [5.74, 6) is 1.70. The summed E-state index contributed by atoms with van der Waals surface area (Å²) < 4.78 is 5.74. The summed E-state index contributed by atoms with van der Waals surface area (Å²) in [5, 5.41) is 3.36. The molecule has 0 aromatic heterocycles. The lowest BCUT2D eigenvalue weighted by Crippen LogP contribution is -2.25. The third kappa shape index (κ3) is 4.23. The van der Waals surface area contributed by atoms with Crippen molar-refractivity contribution < 1.29 is 4.74 Å². The standard InChI is InChI=1S/C14H23NO/c1-11(2)10-15-8-9-16-14-7-5-6-12(3)13(14)4/h5-7,11,15H,8-10H2,1-4H3. The molecule has 0 aliphatic rings. The number of benzene rings is 1. The molecule has 1 aromatic carbocycles. The SMILES string of the molecule is Cc1cccc(OCCNCC(C)C)c1C. The van der Waals surface area contributed by atoms with Crippen LogP contribution in [0, 0.1) is 19.8 Å². The van der Waals surface area contributed by atoms with Gasteiger partial charge in [0, 0.05) is 6.54 Å². The first kappa shape index (κ1) is 13.0. The first-order valence-electron chi connectivity index (χ1n) is 6.01. The van der Waals surface area contributed by atoms with Crippen molar-refractivity contribution in [1.29, 1.82) is 0 Å². The van der Waals surface area contributed by atoms with Crippen molar-refractivity contribution in [3.63, 3.8) is 0 Å². The molecule has 0 unspecified atom stereocenters. The Labute approximate surface area is 99.0 Å². The van der Waals surface area contributed by atoms with Gasteiger partial charge in [0.2, 0.25) is 0 Å². The highest BCUT2D eigenvalue weighted by Crippen LogP contribution is 2.20. The molecule has 0 heterocycles. The van der Waals surface area contributed by atoms with Gasteiger partial charge in [0.25, 0.3) is 0 Å². The van der Waals surface area contributed by atoms with Gasteiger partial charge in [-0.25, -0.2) is 0 Å². The van der Waals surface area contributed by atoms with Crippen LogP contribution in [0.15, 0.2) is 18.2 Å². The minimum absolute atomic E-state index is 0.695. The molecule has 2 nitrogen and oxygen atoms in total. The van der Waals surface area contributed by atoms with Gasteiger partial charge in [0.15, 0.2) is 0 Å².